The van der Waals surface area contributed by atoms with Crippen molar-refractivity contribution in [2.24, 2.45) is 5.41 Å². The SMILES string of the molecule is OC(O)c1cccc(CC2(CN[C@@H]3CC3c3ccccc3)CCN(Cc3cccnc3)CC2)c1. The van der Waals surface area contributed by atoms with Crippen LogP contribution in [-0.4, -0.2) is 45.8 Å². The Kier molecular flexibility index (Phi) is 7.07. The van der Waals surface area contributed by atoms with Crippen LogP contribution in [0, 0.1) is 5.41 Å². The highest BCUT2D eigenvalue weighted by Gasteiger charge is 2.41. The Morgan fingerprint density at radius 2 is 1.76 bits per heavy atom. The summed E-state index contributed by atoms with van der Waals surface area (Å²) in [6.45, 7) is 4.06. The maximum Gasteiger partial charge on any atom is 0.178 e. The molecule has 0 spiro atoms. The predicted octanol–water partition coefficient (Wildman–Crippen LogP) is 4.04. The quantitative estimate of drug-likeness (QED) is 0.423. The Hall–Kier alpha value is -2.57. The first-order chi connectivity index (χ1) is 16.6. The fraction of sp³-hybridized carbons (Fsp3) is 0.414. The van der Waals surface area contributed by atoms with E-state index in [1.54, 1.807) is 6.07 Å². The monoisotopic (exact) mass is 457 g/mol. The van der Waals surface area contributed by atoms with Crippen molar-refractivity contribution in [3.05, 3.63) is 101 Å². The predicted molar refractivity (Wildman–Crippen MR) is 134 cm³/mol. The number of nitrogens with zero attached hydrogens (tertiary/aromatic N) is 2. The zero-order chi connectivity index (χ0) is 23.4. The molecule has 2 atom stereocenters. The molecule has 1 aromatic heterocycles. The number of aliphatic hydroxyl groups excluding tert-OH is 1. The average Bonchev–Trinajstić information content (AvgIpc) is 3.66. The molecule has 2 aliphatic rings. The van der Waals surface area contributed by atoms with Gasteiger partial charge in [0.15, 0.2) is 6.29 Å². The lowest BCUT2D eigenvalue weighted by atomic mass is 9.73. The lowest BCUT2D eigenvalue weighted by Crippen LogP contribution is -2.46. The first-order valence-electron chi connectivity index (χ1n) is 12.4. The molecule has 3 N–H and O–H groups in total. The standard InChI is InChI=1S/C29H35N3O2/c33-28(34)25-10-4-6-22(16-25)18-29(21-31-27-17-26(27)24-8-2-1-3-9-24)11-14-32(15-12-29)20-23-7-5-13-30-19-23/h1-10,13,16,19,26-28,31,33-34H,11-12,14-15,17-18,20-21H2/t26?,27-/m1/s1. The topological polar surface area (TPSA) is 68.6 Å². The van der Waals surface area contributed by atoms with E-state index in [1.165, 1.54) is 23.1 Å². The summed E-state index contributed by atoms with van der Waals surface area (Å²) >= 11 is 0. The first-order valence-corrected chi connectivity index (χ1v) is 12.4. The number of piperidine rings is 1. The number of likely N-dealkylation sites (tertiary alicyclic amines) is 1. The molecule has 3 aromatic rings. The highest BCUT2D eigenvalue weighted by molar-refractivity contribution is 5.28. The number of nitrogens with one attached hydrogen (secondary N) is 1. The summed E-state index contributed by atoms with van der Waals surface area (Å²) < 4.78 is 0. The molecule has 1 saturated heterocycles. The van der Waals surface area contributed by atoms with Gasteiger partial charge < -0.3 is 15.5 Å². The van der Waals surface area contributed by atoms with E-state index >= 15 is 0 Å². The van der Waals surface area contributed by atoms with Gasteiger partial charge in [-0.25, -0.2) is 0 Å². The Bertz CT molecular complexity index is 1050. The second-order valence-electron chi connectivity index (χ2n) is 10.2. The average molecular weight is 458 g/mol. The molecule has 0 amide bonds. The van der Waals surface area contributed by atoms with Gasteiger partial charge in [-0.3, -0.25) is 9.88 Å². The summed E-state index contributed by atoms with van der Waals surface area (Å²) in [4.78, 5) is 6.80. The molecular formula is C29H35N3O2. The van der Waals surface area contributed by atoms with Crippen LogP contribution in [0.15, 0.2) is 79.1 Å². The van der Waals surface area contributed by atoms with Gasteiger partial charge in [0, 0.05) is 43.0 Å². The van der Waals surface area contributed by atoms with Gasteiger partial charge in [0.25, 0.3) is 0 Å². The normalized spacial score (nSPS) is 22.1. The molecule has 1 aliphatic heterocycles. The van der Waals surface area contributed by atoms with E-state index in [-0.39, 0.29) is 5.41 Å². The highest BCUT2D eigenvalue weighted by atomic mass is 16.5. The van der Waals surface area contributed by atoms with Gasteiger partial charge in [0.1, 0.15) is 0 Å². The molecule has 1 unspecified atom stereocenters. The molecule has 2 heterocycles. The van der Waals surface area contributed by atoms with Crippen molar-refractivity contribution in [2.45, 2.75) is 50.5 Å². The summed E-state index contributed by atoms with van der Waals surface area (Å²) in [6, 6.07) is 23.3. The van der Waals surface area contributed by atoms with Crippen molar-refractivity contribution in [3.8, 4) is 0 Å². The zero-order valence-electron chi connectivity index (χ0n) is 19.7. The summed E-state index contributed by atoms with van der Waals surface area (Å²) in [5.74, 6) is 0.622. The fourth-order valence-electron chi connectivity index (χ4n) is 5.48. The van der Waals surface area contributed by atoms with Crippen molar-refractivity contribution in [2.75, 3.05) is 19.6 Å². The number of benzene rings is 2. The van der Waals surface area contributed by atoms with E-state index in [0.717, 1.165) is 45.4 Å². The van der Waals surface area contributed by atoms with Gasteiger partial charge in [0.05, 0.1) is 0 Å². The number of rotatable bonds is 9. The van der Waals surface area contributed by atoms with Crippen LogP contribution in [0.25, 0.3) is 0 Å². The number of hydrogen-bond donors (Lipinski definition) is 3. The Balaban J connectivity index is 1.26. The summed E-state index contributed by atoms with van der Waals surface area (Å²) in [6.07, 6.45) is 6.77. The largest absolute Gasteiger partial charge is 0.364 e. The van der Waals surface area contributed by atoms with Gasteiger partial charge in [-0.2, -0.15) is 0 Å². The smallest absolute Gasteiger partial charge is 0.178 e. The summed E-state index contributed by atoms with van der Waals surface area (Å²) in [7, 11) is 0. The second kappa shape index (κ2) is 10.4. The van der Waals surface area contributed by atoms with Crippen molar-refractivity contribution in [3.63, 3.8) is 0 Å². The van der Waals surface area contributed by atoms with Gasteiger partial charge in [0.2, 0.25) is 0 Å². The summed E-state index contributed by atoms with van der Waals surface area (Å²) in [5, 5.41) is 23.2. The van der Waals surface area contributed by atoms with Crippen LogP contribution in [0.3, 0.4) is 0 Å². The van der Waals surface area contributed by atoms with Crippen LogP contribution < -0.4 is 5.32 Å². The molecule has 34 heavy (non-hydrogen) atoms. The van der Waals surface area contributed by atoms with Crippen molar-refractivity contribution >= 4 is 0 Å². The fourth-order valence-corrected chi connectivity index (χ4v) is 5.48. The Labute approximate surface area is 202 Å². The van der Waals surface area contributed by atoms with Crippen molar-refractivity contribution in [1.82, 2.24) is 15.2 Å². The van der Waals surface area contributed by atoms with Crippen molar-refractivity contribution < 1.29 is 10.2 Å². The molecule has 0 radical (unpaired) electrons. The number of aliphatic hydroxyl groups is 2. The molecule has 2 fully saturated rings. The van der Waals surface area contributed by atoms with E-state index in [2.05, 4.69) is 57.7 Å². The second-order valence-corrected chi connectivity index (χ2v) is 10.2. The molecular weight excluding hydrogens is 422 g/mol. The van der Waals surface area contributed by atoms with E-state index in [0.29, 0.717) is 17.5 Å². The minimum Gasteiger partial charge on any atom is -0.364 e. The number of aromatic nitrogens is 1. The molecule has 5 nitrogen and oxygen atoms in total. The molecule has 0 bridgehead atoms. The van der Waals surface area contributed by atoms with E-state index in [1.807, 2.05) is 30.6 Å². The molecule has 2 aromatic carbocycles. The maximum atomic E-state index is 9.65. The van der Waals surface area contributed by atoms with Gasteiger partial charge >= 0.3 is 0 Å². The molecule has 178 valence electrons. The number of hydrogen-bond acceptors (Lipinski definition) is 5. The van der Waals surface area contributed by atoms with Crippen LogP contribution in [0.5, 0.6) is 0 Å². The van der Waals surface area contributed by atoms with E-state index < -0.39 is 6.29 Å². The highest BCUT2D eigenvalue weighted by Crippen LogP contribution is 2.42. The van der Waals surface area contributed by atoms with Crippen LogP contribution >= 0.6 is 0 Å². The minimum absolute atomic E-state index is 0.161. The van der Waals surface area contributed by atoms with Crippen LogP contribution in [-0.2, 0) is 13.0 Å². The Morgan fingerprint density at radius 3 is 2.50 bits per heavy atom. The zero-order valence-corrected chi connectivity index (χ0v) is 19.7. The third kappa shape index (κ3) is 5.73. The van der Waals surface area contributed by atoms with E-state index in [9.17, 15) is 10.2 Å². The van der Waals surface area contributed by atoms with E-state index in [4.69, 9.17) is 0 Å². The summed E-state index contributed by atoms with van der Waals surface area (Å²) in [5.41, 5.74) is 4.62. The molecule has 5 rings (SSSR count). The third-order valence-corrected chi connectivity index (χ3v) is 7.63. The van der Waals surface area contributed by atoms with Crippen LogP contribution in [0.2, 0.25) is 0 Å². The van der Waals surface area contributed by atoms with Crippen LogP contribution in [0.4, 0.5) is 0 Å². The third-order valence-electron chi connectivity index (χ3n) is 7.63. The number of pyridine rings is 1. The Morgan fingerprint density at radius 1 is 0.971 bits per heavy atom. The van der Waals surface area contributed by atoms with Crippen LogP contribution in [0.1, 0.15) is 53.7 Å². The van der Waals surface area contributed by atoms with Crippen molar-refractivity contribution in [1.29, 1.82) is 0 Å². The lowest BCUT2D eigenvalue weighted by molar-refractivity contribution is -0.0425. The lowest BCUT2D eigenvalue weighted by Gasteiger charge is -2.42. The van der Waals surface area contributed by atoms with Gasteiger partial charge in [-0.1, -0.05) is 60.7 Å². The molecule has 1 aliphatic carbocycles. The molecule has 1 saturated carbocycles. The minimum atomic E-state index is -1.42. The van der Waals surface area contributed by atoms with Gasteiger partial charge in [-0.05, 0) is 66.9 Å². The maximum absolute atomic E-state index is 9.65. The molecule has 5 heteroatoms. The van der Waals surface area contributed by atoms with Gasteiger partial charge in [-0.15, -0.1) is 0 Å². The first kappa shape index (κ1) is 23.2.